The molecule has 0 spiro atoms. The Morgan fingerprint density at radius 2 is 2.11 bits per heavy atom. The minimum atomic E-state index is -0.562. The predicted octanol–water partition coefficient (Wildman–Crippen LogP) is 3.78. The average Bonchev–Trinajstić information content (AvgIpc) is 2.36. The molecule has 1 N–H and O–H groups in total. The molecule has 19 heavy (non-hydrogen) atoms. The fraction of sp³-hybridized carbons (Fsp3) is 0.267. The van der Waals surface area contributed by atoms with Crippen LogP contribution in [0.1, 0.15) is 30.0 Å². The number of hydrogen-bond acceptors (Lipinski definition) is 3. The van der Waals surface area contributed by atoms with Crippen LogP contribution in [-0.4, -0.2) is 10.1 Å². The maximum Gasteiger partial charge on any atom is 0.130 e. The number of nitrogens with zero attached hydrogens (tertiary/aromatic N) is 1. The van der Waals surface area contributed by atoms with Crippen molar-refractivity contribution in [3.05, 3.63) is 57.8 Å². The van der Waals surface area contributed by atoms with Crippen LogP contribution in [0.15, 0.2) is 40.9 Å². The van der Waals surface area contributed by atoms with Gasteiger partial charge >= 0.3 is 0 Å². The van der Waals surface area contributed by atoms with Crippen LogP contribution in [0.25, 0.3) is 0 Å². The van der Waals surface area contributed by atoms with Gasteiger partial charge in [0.25, 0.3) is 0 Å². The lowest BCUT2D eigenvalue weighted by atomic mass is 10.1. The monoisotopic (exact) mass is 321 g/mol. The molecule has 0 saturated heterocycles. The first kappa shape index (κ1) is 14.0. The number of hydrogen-bond donors (Lipinski definition) is 1. The highest BCUT2D eigenvalue weighted by Gasteiger charge is 2.10. The van der Waals surface area contributed by atoms with Crippen LogP contribution in [0.4, 0.5) is 0 Å². The highest BCUT2D eigenvalue weighted by atomic mass is 79.9. The van der Waals surface area contributed by atoms with Gasteiger partial charge in [-0.3, -0.25) is 4.98 Å². The number of aromatic nitrogens is 1. The van der Waals surface area contributed by atoms with E-state index in [0.717, 1.165) is 21.4 Å². The highest BCUT2D eigenvalue weighted by Crippen LogP contribution is 2.29. The van der Waals surface area contributed by atoms with Crippen LogP contribution in [0.3, 0.4) is 0 Å². The van der Waals surface area contributed by atoms with Crippen molar-refractivity contribution in [1.82, 2.24) is 4.98 Å². The van der Waals surface area contributed by atoms with Crippen LogP contribution in [0.2, 0.25) is 0 Å². The lowest BCUT2D eigenvalue weighted by Gasteiger charge is -2.13. The smallest absolute Gasteiger partial charge is 0.130 e. The lowest BCUT2D eigenvalue weighted by molar-refractivity contribution is 0.189. The number of benzene rings is 1. The van der Waals surface area contributed by atoms with Gasteiger partial charge in [-0.25, -0.2) is 0 Å². The van der Waals surface area contributed by atoms with Crippen LogP contribution in [0, 0.1) is 6.92 Å². The second kappa shape index (κ2) is 6.17. The van der Waals surface area contributed by atoms with Gasteiger partial charge in [0.1, 0.15) is 12.4 Å². The number of aliphatic hydroxyl groups excluding tert-OH is 1. The van der Waals surface area contributed by atoms with Crippen LogP contribution < -0.4 is 4.74 Å². The summed E-state index contributed by atoms with van der Waals surface area (Å²) in [5, 5.41) is 9.73. The molecule has 1 aromatic heterocycles. The van der Waals surface area contributed by atoms with Crippen molar-refractivity contribution in [2.75, 3.05) is 0 Å². The SMILES string of the molecule is Cc1cccc(COc2cc(Br)ccc2[C@H](C)O)n1. The van der Waals surface area contributed by atoms with Crippen molar-refractivity contribution in [3.63, 3.8) is 0 Å². The van der Waals surface area contributed by atoms with Crippen molar-refractivity contribution in [2.45, 2.75) is 26.6 Å². The molecule has 0 aliphatic rings. The van der Waals surface area contributed by atoms with E-state index in [1.807, 2.05) is 43.3 Å². The van der Waals surface area contributed by atoms with Crippen molar-refractivity contribution in [3.8, 4) is 5.75 Å². The van der Waals surface area contributed by atoms with Gasteiger partial charge in [-0.15, -0.1) is 0 Å². The van der Waals surface area contributed by atoms with E-state index in [1.165, 1.54) is 0 Å². The van der Waals surface area contributed by atoms with Crippen molar-refractivity contribution in [2.24, 2.45) is 0 Å². The molecule has 1 aromatic carbocycles. The highest BCUT2D eigenvalue weighted by molar-refractivity contribution is 9.10. The van der Waals surface area contributed by atoms with Crippen LogP contribution >= 0.6 is 15.9 Å². The number of aryl methyl sites for hydroxylation is 1. The Kier molecular flexibility index (Phi) is 4.56. The number of halogens is 1. The molecule has 100 valence electrons. The zero-order valence-corrected chi connectivity index (χ0v) is 12.5. The number of pyridine rings is 1. The summed E-state index contributed by atoms with van der Waals surface area (Å²) in [7, 11) is 0. The van der Waals surface area contributed by atoms with Crippen LogP contribution in [0.5, 0.6) is 5.75 Å². The fourth-order valence-corrected chi connectivity index (χ4v) is 2.15. The van der Waals surface area contributed by atoms with E-state index in [1.54, 1.807) is 6.92 Å². The summed E-state index contributed by atoms with van der Waals surface area (Å²) in [6.07, 6.45) is -0.562. The Morgan fingerprint density at radius 3 is 2.79 bits per heavy atom. The topological polar surface area (TPSA) is 42.4 Å². The third-order valence-corrected chi connectivity index (χ3v) is 3.24. The summed E-state index contributed by atoms with van der Waals surface area (Å²) >= 11 is 3.41. The zero-order valence-electron chi connectivity index (χ0n) is 10.9. The Hall–Kier alpha value is -1.39. The predicted molar refractivity (Wildman–Crippen MR) is 78.1 cm³/mol. The van der Waals surface area contributed by atoms with E-state index in [2.05, 4.69) is 20.9 Å². The number of ether oxygens (including phenoxy) is 1. The molecular formula is C15H16BrNO2. The molecule has 0 aliphatic heterocycles. The Morgan fingerprint density at radius 1 is 1.32 bits per heavy atom. The number of rotatable bonds is 4. The Balaban J connectivity index is 2.17. The molecule has 2 aromatic rings. The first-order valence-electron chi connectivity index (χ1n) is 6.09. The first-order chi connectivity index (χ1) is 9.06. The van der Waals surface area contributed by atoms with Gasteiger partial charge in [0, 0.05) is 15.7 Å². The minimum Gasteiger partial charge on any atom is -0.487 e. The van der Waals surface area contributed by atoms with Crippen molar-refractivity contribution >= 4 is 15.9 Å². The third kappa shape index (κ3) is 3.78. The van der Waals surface area contributed by atoms with E-state index in [-0.39, 0.29) is 0 Å². The molecule has 1 heterocycles. The second-order valence-corrected chi connectivity index (χ2v) is 5.33. The summed E-state index contributed by atoms with van der Waals surface area (Å²) in [5.41, 5.74) is 2.61. The van der Waals surface area contributed by atoms with Gasteiger partial charge in [0.15, 0.2) is 0 Å². The number of aliphatic hydroxyl groups is 1. The molecule has 1 atom stereocenters. The molecule has 0 fully saturated rings. The van der Waals surface area contributed by atoms with E-state index in [9.17, 15) is 5.11 Å². The van der Waals surface area contributed by atoms with Gasteiger partial charge in [0.2, 0.25) is 0 Å². The van der Waals surface area contributed by atoms with E-state index >= 15 is 0 Å². The molecule has 3 nitrogen and oxygen atoms in total. The summed E-state index contributed by atoms with van der Waals surface area (Å²) < 4.78 is 6.69. The molecule has 0 unspecified atom stereocenters. The fourth-order valence-electron chi connectivity index (χ4n) is 1.81. The van der Waals surface area contributed by atoms with Crippen molar-refractivity contribution < 1.29 is 9.84 Å². The maximum atomic E-state index is 9.73. The largest absolute Gasteiger partial charge is 0.487 e. The molecule has 0 radical (unpaired) electrons. The zero-order chi connectivity index (χ0) is 13.8. The van der Waals surface area contributed by atoms with Gasteiger partial charge in [0.05, 0.1) is 11.8 Å². The molecule has 2 rings (SSSR count). The Labute approximate surface area is 121 Å². The minimum absolute atomic E-state index is 0.387. The van der Waals surface area contributed by atoms with Crippen molar-refractivity contribution in [1.29, 1.82) is 0 Å². The third-order valence-electron chi connectivity index (χ3n) is 2.75. The summed E-state index contributed by atoms with van der Waals surface area (Å²) in [6, 6.07) is 11.4. The quantitative estimate of drug-likeness (QED) is 0.931. The van der Waals surface area contributed by atoms with Gasteiger partial charge < -0.3 is 9.84 Å². The maximum absolute atomic E-state index is 9.73. The molecule has 4 heteroatoms. The van der Waals surface area contributed by atoms with E-state index in [4.69, 9.17) is 4.74 Å². The van der Waals surface area contributed by atoms with Gasteiger partial charge in [-0.1, -0.05) is 28.1 Å². The summed E-state index contributed by atoms with van der Waals surface area (Å²) in [4.78, 5) is 4.39. The second-order valence-electron chi connectivity index (χ2n) is 4.42. The summed E-state index contributed by atoms with van der Waals surface area (Å²) in [6.45, 7) is 4.06. The standard InChI is InChI=1S/C15H16BrNO2/c1-10-4-3-5-13(17-10)9-19-15-8-12(16)6-7-14(15)11(2)18/h3-8,11,18H,9H2,1-2H3/t11-/m0/s1. The lowest BCUT2D eigenvalue weighted by Crippen LogP contribution is -2.03. The molecule has 0 saturated carbocycles. The average molecular weight is 322 g/mol. The summed E-state index contributed by atoms with van der Waals surface area (Å²) in [5.74, 6) is 0.674. The van der Waals surface area contributed by atoms with Gasteiger partial charge in [-0.2, -0.15) is 0 Å². The van der Waals surface area contributed by atoms with E-state index < -0.39 is 6.10 Å². The molecular weight excluding hydrogens is 306 g/mol. The first-order valence-corrected chi connectivity index (χ1v) is 6.88. The normalized spacial score (nSPS) is 12.2. The molecule has 0 aliphatic carbocycles. The molecule has 0 amide bonds. The van der Waals surface area contributed by atoms with E-state index in [0.29, 0.717) is 12.4 Å². The van der Waals surface area contributed by atoms with Gasteiger partial charge in [-0.05, 0) is 38.1 Å². The Bertz CT molecular complexity index is 570. The van der Waals surface area contributed by atoms with Crippen LogP contribution in [-0.2, 0) is 6.61 Å². The molecule has 0 bridgehead atoms.